The van der Waals surface area contributed by atoms with Crippen molar-refractivity contribution < 1.29 is 9.63 Å². The van der Waals surface area contributed by atoms with E-state index in [1.807, 2.05) is 6.92 Å². The molecule has 1 aliphatic heterocycles. The van der Waals surface area contributed by atoms with Crippen LogP contribution in [0.5, 0.6) is 0 Å². The Balaban J connectivity index is 2.54. The molecule has 1 aliphatic rings. The van der Waals surface area contributed by atoms with Gasteiger partial charge in [-0.1, -0.05) is 11.2 Å². The Morgan fingerprint density at radius 1 is 1.62 bits per heavy atom. The van der Waals surface area contributed by atoms with E-state index in [1.165, 1.54) is 6.92 Å². The summed E-state index contributed by atoms with van der Waals surface area (Å²) in [6.07, 6.45) is 3.00. The van der Waals surface area contributed by atoms with Crippen molar-refractivity contribution in [1.29, 1.82) is 0 Å². The van der Waals surface area contributed by atoms with Gasteiger partial charge in [-0.05, 0) is 25.5 Å². The van der Waals surface area contributed by atoms with Crippen LogP contribution in [0.3, 0.4) is 0 Å². The van der Waals surface area contributed by atoms with Crippen LogP contribution >= 0.6 is 0 Å². The van der Waals surface area contributed by atoms with Crippen LogP contribution in [-0.2, 0) is 9.63 Å². The van der Waals surface area contributed by atoms with Crippen molar-refractivity contribution in [2.75, 3.05) is 13.1 Å². The standard InChI is InChI=1S/C9H14N2O2/c1-7(11-13-8(2)12)9-3-5-10-6-4-9/h3,10H,4-6H2,1-2H3. The maximum atomic E-state index is 10.5. The molecule has 0 atom stereocenters. The highest BCUT2D eigenvalue weighted by Gasteiger charge is 2.06. The lowest BCUT2D eigenvalue weighted by molar-refractivity contribution is -0.140. The third kappa shape index (κ3) is 3.38. The fourth-order valence-corrected chi connectivity index (χ4v) is 1.14. The summed E-state index contributed by atoms with van der Waals surface area (Å²) in [7, 11) is 0. The molecule has 0 aromatic carbocycles. The molecule has 0 radical (unpaired) electrons. The zero-order valence-electron chi connectivity index (χ0n) is 7.96. The summed E-state index contributed by atoms with van der Waals surface area (Å²) in [5.41, 5.74) is 1.94. The van der Waals surface area contributed by atoms with Crippen molar-refractivity contribution in [3.05, 3.63) is 11.6 Å². The van der Waals surface area contributed by atoms with Crippen molar-refractivity contribution in [2.45, 2.75) is 20.3 Å². The number of oxime groups is 1. The summed E-state index contributed by atoms with van der Waals surface area (Å²) < 4.78 is 0. The van der Waals surface area contributed by atoms with E-state index in [9.17, 15) is 4.79 Å². The highest BCUT2D eigenvalue weighted by Crippen LogP contribution is 2.06. The molecule has 13 heavy (non-hydrogen) atoms. The number of nitrogens with zero attached hydrogens (tertiary/aromatic N) is 1. The Bertz CT molecular complexity index is 256. The Kier molecular flexibility index (Phi) is 3.64. The zero-order valence-corrected chi connectivity index (χ0v) is 7.96. The Morgan fingerprint density at radius 3 is 2.92 bits per heavy atom. The predicted octanol–water partition coefficient (Wildman–Crippen LogP) is 0.845. The number of hydrogen-bond acceptors (Lipinski definition) is 4. The van der Waals surface area contributed by atoms with Crippen molar-refractivity contribution in [3.63, 3.8) is 0 Å². The van der Waals surface area contributed by atoms with Crippen LogP contribution in [0.4, 0.5) is 0 Å². The number of nitrogens with one attached hydrogen (secondary N) is 1. The van der Waals surface area contributed by atoms with Crippen LogP contribution < -0.4 is 5.32 Å². The summed E-state index contributed by atoms with van der Waals surface area (Å²) in [5, 5.41) is 6.91. The molecular formula is C9H14N2O2. The van der Waals surface area contributed by atoms with Crippen LogP contribution in [-0.4, -0.2) is 24.8 Å². The smallest absolute Gasteiger partial charge is 0.318 e. The first-order chi connectivity index (χ1) is 6.20. The van der Waals surface area contributed by atoms with E-state index < -0.39 is 0 Å². The molecule has 0 aliphatic carbocycles. The topological polar surface area (TPSA) is 50.7 Å². The van der Waals surface area contributed by atoms with Gasteiger partial charge in [-0.15, -0.1) is 0 Å². The normalized spacial score (nSPS) is 18.0. The minimum absolute atomic E-state index is 0.381. The van der Waals surface area contributed by atoms with E-state index in [2.05, 4.69) is 21.4 Å². The monoisotopic (exact) mass is 182 g/mol. The molecule has 0 fully saturated rings. The van der Waals surface area contributed by atoms with Gasteiger partial charge in [0.05, 0.1) is 5.71 Å². The van der Waals surface area contributed by atoms with Crippen molar-refractivity contribution in [1.82, 2.24) is 5.32 Å². The molecule has 1 rings (SSSR count). The summed E-state index contributed by atoms with van der Waals surface area (Å²) in [5.74, 6) is -0.381. The second kappa shape index (κ2) is 4.77. The third-order valence-electron chi connectivity index (χ3n) is 1.84. The summed E-state index contributed by atoms with van der Waals surface area (Å²) in [4.78, 5) is 15.0. The quantitative estimate of drug-likeness (QED) is 0.391. The molecule has 0 amide bonds. The average Bonchev–Trinajstić information content (AvgIpc) is 2.15. The molecule has 1 N–H and O–H groups in total. The van der Waals surface area contributed by atoms with Crippen molar-refractivity contribution in [3.8, 4) is 0 Å². The molecule has 0 spiro atoms. The van der Waals surface area contributed by atoms with Gasteiger partial charge in [0.25, 0.3) is 0 Å². The molecule has 0 saturated carbocycles. The third-order valence-corrected chi connectivity index (χ3v) is 1.84. The molecule has 0 saturated heterocycles. The lowest BCUT2D eigenvalue weighted by atomic mass is 10.1. The zero-order chi connectivity index (χ0) is 9.68. The minimum atomic E-state index is -0.381. The second-order valence-corrected chi connectivity index (χ2v) is 2.94. The largest absolute Gasteiger partial charge is 0.331 e. The minimum Gasteiger partial charge on any atom is -0.318 e. The maximum Gasteiger partial charge on any atom is 0.331 e. The molecule has 0 aromatic heterocycles. The van der Waals surface area contributed by atoms with Crippen LogP contribution in [0.15, 0.2) is 16.8 Å². The SMILES string of the molecule is CC(=O)ON=C(C)C1=CCNCC1. The molecule has 72 valence electrons. The average molecular weight is 182 g/mol. The molecular weight excluding hydrogens is 168 g/mol. The lowest BCUT2D eigenvalue weighted by Gasteiger charge is -2.12. The number of carbonyl (C=O) groups is 1. The number of carbonyl (C=O) groups excluding carboxylic acids is 1. The summed E-state index contributed by atoms with van der Waals surface area (Å²) in [6.45, 7) is 5.01. The van der Waals surface area contributed by atoms with Crippen molar-refractivity contribution >= 4 is 11.7 Å². The van der Waals surface area contributed by atoms with Crippen molar-refractivity contribution in [2.24, 2.45) is 5.16 Å². The highest BCUT2D eigenvalue weighted by atomic mass is 16.7. The van der Waals surface area contributed by atoms with Gasteiger partial charge in [-0.3, -0.25) is 0 Å². The molecule has 0 unspecified atom stereocenters. The summed E-state index contributed by atoms with van der Waals surface area (Å²) >= 11 is 0. The first kappa shape index (κ1) is 9.92. The van der Waals surface area contributed by atoms with Crippen LogP contribution in [0.25, 0.3) is 0 Å². The van der Waals surface area contributed by atoms with Crippen LogP contribution in [0.1, 0.15) is 20.3 Å². The van der Waals surface area contributed by atoms with E-state index in [-0.39, 0.29) is 5.97 Å². The van der Waals surface area contributed by atoms with Crippen LogP contribution in [0.2, 0.25) is 0 Å². The van der Waals surface area contributed by atoms with Gasteiger partial charge in [-0.2, -0.15) is 0 Å². The first-order valence-electron chi connectivity index (χ1n) is 4.32. The Hall–Kier alpha value is -1.16. The van der Waals surface area contributed by atoms with E-state index in [0.29, 0.717) is 0 Å². The molecule has 4 nitrogen and oxygen atoms in total. The van der Waals surface area contributed by atoms with E-state index >= 15 is 0 Å². The Labute approximate surface area is 77.6 Å². The van der Waals surface area contributed by atoms with E-state index in [0.717, 1.165) is 30.8 Å². The van der Waals surface area contributed by atoms with E-state index in [4.69, 9.17) is 0 Å². The van der Waals surface area contributed by atoms with Gasteiger partial charge < -0.3 is 10.2 Å². The lowest BCUT2D eigenvalue weighted by Crippen LogP contribution is -2.22. The fourth-order valence-electron chi connectivity index (χ4n) is 1.14. The van der Waals surface area contributed by atoms with E-state index in [1.54, 1.807) is 0 Å². The van der Waals surface area contributed by atoms with Gasteiger partial charge in [0.15, 0.2) is 0 Å². The van der Waals surface area contributed by atoms with Gasteiger partial charge in [0, 0.05) is 13.5 Å². The van der Waals surface area contributed by atoms with Gasteiger partial charge in [0.1, 0.15) is 0 Å². The Morgan fingerprint density at radius 2 is 2.38 bits per heavy atom. The second-order valence-electron chi connectivity index (χ2n) is 2.94. The highest BCUT2D eigenvalue weighted by molar-refractivity contribution is 5.98. The van der Waals surface area contributed by atoms with Gasteiger partial charge in [0.2, 0.25) is 0 Å². The fraction of sp³-hybridized carbons (Fsp3) is 0.556. The van der Waals surface area contributed by atoms with Gasteiger partial charge >= 0.3 is 5.97 Å². The molecule has 1 heterocycles. The number of hydrogen-bond donors (Lipinski definition) is 1. The predicted molar refractivity (Wildman–Crippen MR) is 50.4 cm³/mol. The van der Waals surface area contributed by atoms with Gasteiger partial charge in [-0.25, -0.2) is 4.79 Å². The number of rotatable bonds is 2. The van der Waals surface area contributed by atoms with Crippen LogP contribution in [0, 0.1) is 0 Å². The first-order valence-corrected chi connectivity index (χ1v) is 4.32. The molecule has 0 bridgehead atoms. The maximum absolute atomic E-state index is 10.5. The summed E-state index contributed by atoms with van der Waals surface area (Å²) in [6, 6.07) is 0. The molecule has 0 aromatic rings. The molecule has 4 heteroatoms.